The van der Waals surface area contributed by atoms with Gasteiger partial charge in [-0.3, -0.25) is 9.48 Å². The highest BCUT2D eigenvalue weighted by Crippen LogP contribution is 2.15. The molecule has 2 N–H and O–H groups in total. The van der Waals surface area contributed by atoms with Crippen LogP contribution in [0.25, 0.3) is 0 Å². The van der Waals surface area contributed by atoms with Crippen molar-refractivity contribution in [1.29, 1.82) is 0 Å². The Labute approximate surface area is 119 Å². The minimum Gasteiger partial charge on any atom is -0.480 e. The van der Waals surface area contributed by atoms with Crippen molar-refractivity contribution in [1.82, 2.24) is 15.1 Å². The molecule has 112 valence electrons. The standard InChI is InChI=1S/C14H23N3O3/c1-6-9(4)12(14(19)20)15-13(18)11-7-10(8(2)3)16-17(11)5/h7-9,12H,6H2,1-5H3,(H,15,18)(H,19,20). The molecule has 0 radical (unpaired) electrons. The van der Waals surface area contributed by atoms with E-state index < -0.39 is 17.9 Å². The average molecular weight is 281 g/mol. The van der Waals surface area contributed by atoms with E-state index in [0.717, 1.165) is 5.69 Å². The highest BCUT2D eigenvalue weighted by Gasteiger charge is 2.27. The average Bonchev–Trinajstić information content (AvgIpc) is 2.76. The number of amides is 1. The summed E-state index contributed by atoms with van der Waals surface area (Å²) in [6.07, 6.45) is 0.680. The topological polar surface area (TPSA) is 84.2 Å². The van der Waals surface area contributed by atoms with Gasteiger partial charge >= 0.3 is 5.97 Å². The fourth-order valence-electron chi connectivity index (χ4n) is 1.88. The number of carbonyl (C=O) groups excluding carboxylic acids is 1. The third-order valence-electron chi connectivity index (χ3n) is 3.49. The normalized spacial score (nSPS) is 14.1. The van der Waals surface area contributed by atoms with Crippen LogP contribution in [0.2, 0.25) is 0 Å². The second-order valence-electron chi connectivity index (χ2n) is 5.41. The second kappa shape index (κ2) is 6.54. The number of nitrogens with one attached hydrogen (secondary N) is 1. The molecule has 0 saturated heterocycles. The zero-order valence-corrected chi connectivity index (χ0v) is 12.7. The molecule has 1 amide bonds. The maximum atomic E-state index is 12.2. The van der Waals surface area contributed by atoms with E-state index in [9.17, 15) is 14.7 Å². The summed E-state index contributed by atoms with van der Waals surface area (Å²) in [4.78, 5) is 23.4. The Morgan fingerprint density at radius 2 is 2.00 bits per heavy atom. The number of carbonyl (C=O) groups is 2. The number of aliphatic carboxylic acids is 1. The largest absolute Gasteiger partial charge is 0.480 e. The van der Waals surface area contributed by atoms with Crippen LogP contribution in [-0.4, -0.2) is 32.8 Å². The van der Waals surface area contributed by atoms with E-state index in [1.54, 1.807) is 13.1 Å². The number of carboxylic acids is 1. The molecule has 20 heavy (non-hydrogen) atoms. The molecule has 0 aliphatic rings. The molecule has 6 nitrogen and oxygen atoms in total. The number of aryl methyl sites for hydroxylation is 1. The van der Waals surface area contributed by atoms with Crippen molar-refractivity contribution in [3.8, 4) is 0 Å². The lowest BCUT2D eigenvalue weighted by Crippen LogP contribution is -2.45. The van der Waals surface area contributed by atoms with Crippen LogP contribution in [0.5, 0.6) is 0 Å². The SMILES string of the molecule is CCC(C)C(NC(=O)c1cc(C(C)C)nn1C)C(=O)O. The Balaban J connectivity index is 2.92. The van der Waals surface area contributed by atoms with Crippen molar-refractivity contribution in [2.75, 3.05) is 0 Å². The number of aromatic nitrogens is 2. The summed E-state index contributed by atoms with van der Waals surface area (Å²) in [7, 11) is 1.68. The molecule has 0 aliphatic carbocycles. The lowest BCUT2D eigenvalue weighted by molar-refractivity contribution is -0.140. The molecule has 0 spiro atoms. The minimum atomic E-state index is -1.01. The van der Waals surface area contributed by atoms with Gasteiger partial charge in [-0.1, -0.05) is 34.1 Å². The summed E-state index contributed by atoms with van der Waals surface area (Å²) >= 11 is 0. The van der Waals surface area contributed by atoms with Gasteiger partial charge in [0.2, 0.25) is 0 Å². The van der Waals surface area contributed by atoms with Crippen LogP contribution >= 0.6 is 0 Å². The first-order chi connectivity index (χ1) is 9.27. The van der Waals surface area contributed by atoms with Crippen LogP contribution in [0.3, 0.4) is 0 Å². The van der Waals surface area contributed by atoms with Gasteiger partial charge in [-0.2, -0.15) is 5.10 Å². The van der Waals surface area contributed by atoms with Crippen molar-refractivity contribution in [3.63, 3.8) is 0 Å². The highest BCUT2D eigenvalue weighted by atomic mass is 16.4. The third-order valence-corrected chi connectivity index (χ3v) is 3.49. The van der Waals surface area contributed by atoms with Crippen LogP contribution < -0.4 is 5.32 Å². The molecular weight excluding hydrogens is 258 g/mol. The molecule has 2 atom stereocenters. The molecule has 0 bridgehead atoms. The predicted octanol–water partition coefficient (Wildman–Crippen LogP) is 1.77. The van der Waals surface area contributed by atoms with Crippen molar-refractivity contribution in [3.05, 3.63) is 17.5 Å². The lowest BCUT2D eigenvalue weighted by atomic mass is 9.99. The number of carboxylic acid groups (broad SMARTS) is 1. The molecule has 6 heteroatoms. The van der Waals surface area contributed by atoms with E-state index >= 15 is 0 Å². The summed E-state index contributed by atoms with van der Waals surface area (Å²) in [5.74, 6) is -1.33. The van der Waals surface area contributed by atoms with Gasteiger partial charge in [0.05, 0.1) is 5.69 Å². The molecule has 0 aliphatic heterocycles. The van der Waals surface area contributed by atoms with Crippen molar-refractivity contribution in [2.24, 2.45) is 13.0 Å². The number of hydrogen-bond donors (Lipinski definition) is 2. The molecule has 0 saturated carbocycles. The van der Waals surface area contributed by atoms with Gasteiger partial charge in [-0.15, -0.1) is 0 Å². The number of hydrogen-bond acceptors (Lipinski definition) is 3. The Morgan fingerprint density at radius 3 is 2.40 bits per heavy atom. The van der Waals surface area contributed by atoms with Crippen molar-refractivity contribution in [2.45, 2.75) is 46.1 Å². The summed E-state index contributed by atoms with van der Waals surface area (Å²) in [5.41, 5.74) is 1.19. The van der Waals surface area contributed by atoms with Crippen LogP contribution in [0.1, 0.15) is 56.2 Å². The van der Waals surface area contributed by atoms with Gasteiger partial charge in [0.1, 0.15) is 11.7 Å². The van der Waals surface area contributed by atoms with Gasteiger partial charge in [-0.25, -0.2) is 4.79 Å². The highest BCUT2D eigenvalue weighted by molar-refractivity contribution is 5.95. The van der Waals surface area contributed by atoms with Gasteiger partial charge in [-0.05, 0) is 17.9 Å². The maximum absolute atomic E-state index is 12.2. The zero-order valence-electron chi connectivity index (χ0n) is 12.7. The monoisotopic (exact) mass is 281 g/mol. The van der Waals surface area contributed by atoms with Crippen molar-refractivity contribution >= 4 is 11.9 Å². The third kappa shape index (κ3) is 3.59. The van der Waals surface area contributed by atoms with E-state index in [1.807, 2.05) is 27.7 Å². The molecule has 0 aromatic carbocycles. The van der Waals surface area contributed by atoms with Crippen LogP contribution in [-0.2, 0) is 11.8 Å². The molecule has 1 rings (SSSR count). The van der Waals surface area contributed by atoms with E-state index in [2.05, 4.69) is 10.4 Å². The molecular formula is C14H23N3O3. The summed E-state index contributed by atoms with van der Waals surface area (Å²) in [5, 5.41) is 16.0. The van der Waals surface area contributed by atoms with Crippen LogP contribution in [0.4, 0.5) is 0 Å². The number of rotatable bonds is 6. The summed E-state index contributed by atoms with van der Waals surface area (Å²) in [6.45, 7) is 7.68. The molecule has 1 heterocycles. The van der Waals surface area contributed by atoms with Crippen LogP contribution in [0.15, 0.2) is 6.07 Å². The quantitative estimate of drug-likeness (QED) is 0.832. The Morgan fingerprint density at radius 1 is 1.40 bits per heavy atom. The fourth-order valence-corrected chi connectivity index (χ4v) is 1.88. The minimum absolute atomic E-state index is 0.130. The lowest BCUT2D eigenvalue weighted by Gasteiger charge is -2.19. The van der Waals surface area contributed by atoms with E-state index in [-0.39, 0.29) is 11.8 Å². The number of nitrogens with zero attached hydrogens (tertiary/aromatic N) is 2. The van der Waals surface area contributed by atoms with Gasteiger partial charge < -0.3 is 10.4 Å². The van der Waals surface area contributed by atoms with E-state index in [4.69, 9.17) is 0 Å². The molecule has 1 aromatic heterocycles. The molecule has 0 fully saturated rings. The van der Waals surface area contributed by atoms with Gasteiger partial charge in [0, 0.05) is 7.05 Å². The maximum Gasteiger partial charge on any atom is 0.326 e. The van der Waals surface area contributed by atoms with Gasteiger partial charge in [0.15, 0.2) is 0 Å². The predicted molar refractivity (Wildman–Crippen MR) is 75.6 cm³/mol. The van der Waals surface area contributed by atoms with E-state index in [0.29, 0.717) is 12.1 Å². The first-order valence-corrected chi connectivity index (χ1v) is 6.85. The smallest absolute Gasteiger partial charge is 0.326 e. The molecule has 2 unspecified atom stereocenters. The first kappa shape index (κ1) is 16.2. The zero-order chi connectivity index (χ0) is 15.4. The Bertz CT molecular complexity index is 494. The fraction of sp³-hybridized carbons (Fsp3) is 0.643. The Kier molecular flexibility index (Phi) is 5.30. The summed E-state index contributed by atoms with van der Waals surface area (Å²) < 4.78 is 1.49. The van der Waals surface area contributed by atoms with Crippen LogP contribution in [0, 0.1) is 5.92 Å². The van der Waals surface area contributed by atoms with Crippen molar-refractivity contribution < 1.29 is 14.7 Å². The molecule has 1 aromatic rings. The summed E-state index contributed by atoms with van der Waals surface area (Å²) in [6, 6.07) is 0.820. The van der Waals surface area contributed by atoms with Gasteiger partial charge in [0.25, 0.3) is 5.91 Å². The second-order valence-corrected chi connectivity index (χ2v) is 5.41. The van der Waals surface area contributed by atoms with E-state index in [1.165, 1.54) is 4.68 Å². The Hall–Kier alpha value is -1.85. The first-order valence-electron chi connectivity index (χ1n) is 6.85.